The standard InChI is InChI=1S/C15H18FNO3S/c1-9-5-11-6-12(16)3-4-13(11)10(2)17(9)14(18)7-21-8-15(19)20/h3-4,6,9-10H,5,7-8H2,1-2H3,(H,19,20). The molecule has 0 saturated heterocycles. The number of halogens is 1. The molecule has 2 atom stereocenters. The first kappa shape index (κ1) is 15.8. The van der Waals surface area contributed by atoms with E-state index >= 15 is 0 Å². The fraction of sp³-hybridized carbons (Fsp3) is 0.467. The van der Waals surface area contributed by atoms with Crippen LogP contribution in [0.2, 0.25) is 0 Å². The van der Waals surface area contributed by atoms with Crippen molar-refractivity contribution < 1.29 is 19.1 Å². The number of hydrogen-bond acceptors (Lipinski definition) is 3. The molecule has 1 aromatic rings. The Morgan fingerprint density at radius 1 is 1.38 bits per heavy atom. The fourth-order valence-electron chi connectivity index (χ4n) is 2.87. The van der Waals surface area contributed by atoms with Gasteiger partial charge in [-0.1, -0.05) is 6.07 Å². The van der Waals surface area contributed by atoms with E-state index in [-0.39, 0.29) is 35.3 Å². The van der Waals surface area contributed by atoms with E-state index in [1.165, 1.54) is 12.1 Å². The highest BCUT2D eigenvalue weighted by Gasteiger charge is 2.32. The molecule has 1 amide bonds. The summed E-state index contributed by atoms with van der Waals surface area (Å²) in [4.78, 5) is 24.6. The van der Waals surface area contributed by atoms with Gasteiger partial charge in [-0.25, -0.2) is 4.39 Å². The van der Waals surface area contributed by atoms with Crippen molar-refractivity contribution in [1.29, 1.82) is 0 Å². The molecular weight excluding hydrogens is 293 g/mol. The number of carbonyl (C=O) groups is 2. The Labute approximate surface area is 127 Å². The molecule has 6 heteroatoms. The van der Waals surface area contributed by atoms with Crippen LogP contribution in [-0.4, -0.2) is 39.4 Å². The lowest BCUT2D eigenvalue weighted by molar-refractivity contribution is -0.134. The smallest absolute Gasteiger partial charge is 0.313 e. The molecule has 21 heavy (non-hydrogen) atoms. The Bertz CT molecular complexity index is 564. The van der Waals surface area contributed by atoms with Gasteiger partial charge >= 0.3 is 5.97 Å². The number of benzene rings is 1. The molecule has 2 rings (SSSR count). The molecule has 1 N–H and O–H groups in total. The fourth-order valence-corrected chi connectivity index (χ4v) is 3.47. The van der Waals surface area contributed by atoms with Crippen LogP contribution < -0.4 is 0 Å². The molecule has 0 saturated carbocycles. The summed E-state index contributed by atoms with van der Waals surface area (Å²) in [5, 5.41) is 8.62. The second-order valence-corrected chi connectivity index (χ2v) is 6.25. The maximum atomic E-state index is 13.3. The summed E-state index contributed by atoms with van der Waals surface area (Å²) < 4.78 is 13.3. The minimum atomic E-state index is -0.923. The van der Waals surface area contributed by atoms with Crippen molar-refractivity contribution in [3.8, 4) is 0 Å². The van der Waals surface area contributed by atoms with Crippen molar-refractivity contribution in [2.24, 2.45) is 0 Å². The number of carbonyl (C=O) groups excluding carboxylic acids is 1. The molecule has 0 fully saturated rings. The van der Waals surface area contributed by atoms with Gasteiger partial charge in [0.05, 0.1) is 17.5 Å². The van der Waals surface area contributed by atoms with E-state index in [0.717, 1.165) is 22.9 Å². The second kappa shape index (κ2) is 6.47. The van der Waals surface area contributed by atoms with E-state index in [9.17, 15) is 14.0 Å². The Balaban J connectivity index is 2.12. The van der Waals surface area contributed by atoms with Crippen LogP contribution in [0.1, 0.15) is 31.0 Å². The molecule has 0 radical (unpaired) electrons. The zero-order valence-corrected chi connectivity index (χ0v) is 12.8. The minimum absolute atomic E-state index is 0.0211. The summed E-state index contributed by atoms with van der Waals surface area (Å²) in [6.45, 7) is 3.86. The third kappa shape index (κ3) is 3.56. The third-order valence-electron chi connectivity index (χ3n) is 3.70. The van der Waals surface area contributed by atoms with Gasteiger partial charge in [0.2, 0.25) is 5.91 Å². The summed E-state index contributed by atoms with van der Waals surface area (Å²) >= 11 is 1.10. The molecule has 1 aliphatic rings. The summed E-state index contributed by atoms with van der Waals surface area (Å²) in [6.07, 6.45) is 0.618. The Morgan fingerprint density at radius 2 is 2.10 bits per heavy atom. The van der Waals surface area contributed by atoms with E-state index in [4.69, 9.17) is 5.11 Å². The van der Waals surface area contributed by atoms with Crippen molar-refractivity contribution in [2.75, 3.05) is 11.5 Å². The van der Waals surface area contributed by atoms with Crippen molar-refractivity contribution in [1.82, 2.24) is 4.90 Å². The van der Waals surface area contributed by atoms with Crippen LogP contribution in [0, 0.1) is 5.82 Å². The molecule has 0 aromatic heterocycles. The van der Waals surface area contributed by atoms with Crippen molar-refractivity contribution >= 4 is 23.6 Å². The number of aliphatic carboxylic acids is 1. The van der Waals surface area contributed by atoms with Crippen LogP contribution in [0.5, 0.6) is 0 Å². The summed E-state index contributed by atoms with van der Waals surface area (Å²) in [6, 6.07) is 4.53. The van der Waals surface area contributed by atoms with Gasteiger partial charge < -0.3 is 10.0 Å². The molecule has 114 valence electrons. The molecular formula is C15H18FNO3S. The van der Waals surface area contributed by atoms with Crippen LogP contribution in [-0.2, 0) is 16.0 Å². The van der Waals surface area contributed by atoms with Crippen molar-refractivity contribution in [3.05, 3.63) is 35.1 Å². The van der Waals surface area contributed by atoms with Gasteiger partial charge in [-0.05, 0) is 43.5 Å². The van der Waals surface area contributed by atoms with Crippen LogP contribution in [0.4, 0.5) is 4.39 Å². The predicted octanol–water partition coefficient (Wildman–Crippen LogP) is 2.48. The first-order chi connectivity index (χ1) is 9.90. The van der Waals surface area contributed by atoms with E-state index in [1.54, 1.807) is 11.0 Å². The molecule has 1 aliphatic heterocycles. The van der Waals surface area contributed by atoms with Crippen LogP contribution in [0.3, 0.4) is 0 Å². The average Bonchev–Trinajstić information content (AvgIpc) is 2.37. The number of fused-ring (bicyclic) bond motifs is 1. The van der Waals surface area contributed by atoms with Crippen LogP contribution in [0.25, 0.3) is 0 Å². The Morgan fingerprint density at radius 3 is 2.76 bits per heavy atom. The van der Waals surface area contributed by atoms with E-state index < -0.39 is 5.97 Å². The number of rotatable bonds is 4. The summed E-state index contributed by atoms with van der Waals surface area (Å²) in [5.74, 6) is -1.18. The van der Waals surface area contributed by atoms with E-state index in [2.05, 4.69) is 0 Å². The lowest BCUT2D eigenvalue weighted by Crippen LogP contribution is -2.45. The van der Waals surface area contributed by atoms with Gasteiger partial charge in [-0.2, -0.15) is 0 Å². The first-order valence-corrected chi connectivity index (χ1v) is 7.94. The molecule has 1 aromatic carbocycles. The number of nitrogens with zero attached hydrogens (tertiary/aromatic N) is 1. The average molecular weight is 311 g/mol. The highest BCUT2D eigenvalue weighted by atomic mass is 32.2. The molecule has 1 heterocycles. The normalized spacial score (nSPS) is 21.0. The lowest BCUT2D eigenvalue weighted by atomic mass is 9.89. The quantitative estimate of drug-likeness (QED) is 0.928. The second-order valence-electron chi connectivity index (χ2n) is 5.26. The number of carboxylic acid groups (broad SMARTS) is 1. The number of hydrogen-bond donors (Lipinski definition) is 1. The molecule has 4 nitrogen and oxygen atoms in total. The highest BCUT2D eigenvalue weighted by Crippen LogP contribution is 2.33. The highest BCUT2D eigenvalue weighted by molar-refractivity contribution is 8.00. The number of thioether (sulfide) groups is 1. The molecule has 0 bridgehead atoms. The summed E-state index contributed by atoms with van der Waals surface area (Å²) in [5.41, 5.74) is 1.91. The zero-order valence-electron chi connectivity index (χ0n) is 12.0. The van der Waals surface area contributed by atoms with Gasteiger partial charge in [-0.15, -0.1) is 11.8 Å². The van der Waals surface area contributed by atoms with Gasteiger partial charge in [-0.3, -0.25) is 9.59 Å². The monoisotopic (exact) mass is 311 g/mol. The van der Waals surface area contributed by atoms with Gasteiger partial charge in [0, 0.05) is 6.04 Å². The largest absolute Gasteiger partial charge is 0.481 e. The van der Waals surface area contributed by atoms with Gasteiger partial charge in [0.1, 0.15) is 5.82 Å². The SMILES string of the molecule is CC1Cc2cc(F)ccc2C(C)N1C(=O)CSCC(=O)O. The molecule has 0 aliphatic carbocycles. The predicted molar refractivity (Wildman–Crippen MR) is 79.8 cm³/mol. The lowest BCUT2D eigenvalue weighted by Gasteiger charge is -2.40. The van der Waals surface area contributed by atoms with E-state index in [0.29, 0.717) is 6.42 Å². The summed E-state index contributed by atoms with van der Waals surface area (Å²) in [7, 11) is 0. The first-order valence-electron chi connectivity index (χ1n) is 6.79. The van der Waals surface area contributed by atoms with Crippen LogP contribution >= 0.6 is 11.8 Å². The third-order valence-corrected chi connectivity index (χ3v) is 4.60. The molecule has 2 unspecified atom stereocenters. The topological polar surface area (TPSA) is 57.6 Å². The zero-order chi connectivity index (χ0) is 15.6. The van der Waals surface area contributed by atoms with Crippen molar-refractivity contribution in [2.45, 2.75) is 32.4 Å². The van der Waals surface area contributed by atoms with E-state index in [1.807, 2.05) is 13.8 Å². The van der Waals surface area contributed by atoms with Crippen LogP contribution in [0.15, 0.2) is 18.2 Å². The Hall–Kier alpha value is -1.56. The molecule has 0 spiro atoms. The van der Waals surface area contributed by atoms with Gasteiger partial charge in [0.15, 0.2) is 0 Å². The van der Waals surface area contributed by atoms with Gasteiger partial charge in [0.25, 0.3) is 0 Å². The number of carboxylic acids is 1. The number of amides is 1. The maximum Gasteiger partial charge on any atom is 0.313 e. The minimum Gasteiger partial charge on any atom is -0.481 e. The van der Waals surface area contributed by atoms with Crippen molar-refractivity contribution in [3.63, 3.8) is 0 Å². The maximum absolute atomic E-state index is 13.3. The Kier molecular flexibility index (Phi) is 4.88.